The number of nitrogens with zero attached hydrogens (tertiary/aromatic N) is 6. The summed E-state index contributed by atoms with van der Waals surface area (Å²) in [4.78, 5) is 20.7. The average molecular weight is 478 g/mol. The molecule has 4 aliphatic rings. The maximum absolute atomic E-state index is 14.0. The van der Waals surface area contributed by atoms with Gasteiger partial charge in [-0.25, -0.2) is 23.7 Å². The predicted molar refractivity (Wildman–Crippen MR) is 133 cm³/mol. The molecule has 35 heavy (non-hydrogen) atoms. The monoisotopic (exact) mass is 477 g/mol. The Kier molecular flexibility index (Phi) is 4.24. The zero-order valence-electron chi connectivity index (χ0n) is 20.1. The van der Waals surface area contributed by atoms with Crippen LogP contribution >= 0.6 is 0 Å². The summed E-state index contributed by atoms with van der Waals surface area (Å²) in [6.45, 7) is 7.45. The van der Waals surface area contributed by atoms with Gasteiger partial charge in [-0.05, 0) is 50.7 Å². The van der Waals surface area contributed by atoms with Gasteiger partial charge in [0.15, 0.2) is 5.82 Å². The number of likely N-dealkylation sites (tertiary alicyclic amines) is 1. The SMILES string of the molecule is Cc1cc2cnc(Nc3ccc(N4CC5(CN(C)C5)C4)cc3)nc2c(N2CCC3(C2)CC3(F)F)n1. The highest BCUT2D eigenvalue weighted by Crippen LogP contribution is 2.65. The van der Waals surface area contributed by atoms with Crippen LogP contribution in [-0.4, -0.2) is 72.1 Å². The number of aromatic nitrogens is 3. The first kappa shape index (κ1) is 21.2. The minimum Gasteiger partial charge on any atom is -0.370 e. The van der Waals surface area contributed by atoms with Gasteiger partial charge in [-0.3, -0.25) is 0 Å². The largest absolute Gasteiger partial charge is 0.370 e. The molecule has 4 fully saturated rings. The molecule has 2 spiro atoms. The molecule has 5 heterocycles. The van der Waals surface area contributed by atoms with Crippen molar-refractivity contribution < 1.29 is 8.78 Å². The van der Waals surface area contributed by atoms with Crippen LogP contribution < -0.4 is 15.1 Å². The molecule has 1 atom stereocenters. The van der Waals surface area contributed by atoms with E-state index in [9.17, 15) is 8.78 Å². The van der Waals surface area contributed by atoms with Crippen LogP contribution in [0.15, 0.2) is 36.5 Å². The summed E-state index contributed by atoms with van der Waals surface area (Å²) < 4.78 is 27.9. The van der Waals surface area contributed by atoms with Gasteiger partial charge in [0, 0.05) is 79.8 Å². The number of rotatable bonds is 4. The normalized spacial score (nSPS) is 26.3. The lowest BCUT2D eigenvalue weighted by molar-refractivity contribution is -0.00238. The minimum absolute atomic E-state index is 0.0203. The number of fused-ring (bicyclic) bond motifs is 1. The van der Waals surface area contributed by atoms with E-state index in [1.807, 2.05) is 17.9 Å². The van der Waals surface area contributed by atoms with Gasteiger partial charge in [0.2, 0.25) is 5.95 Å². The van der Waals surface area contributed by atoms with Gasteiger partial charge in [-0.1, -0.05) is 0 Å². The molecule has 1 N–H and O–H groups in total. The molecule has 9 heteroatoms. The van der Waals surface area contributed by atoms with Crippen molar-refractivity contribution in [3.05, 3.63) is 42.2 Å². The van der Waals surface area contributed by atoms with E-state index in [4.69, 9.17) is 9.97 Å². The molecule has 1 saturated carbocycles. The number of anilines is 4. The summed E-state index contributed by atoms with van der Waals surface area (Å²) in [6, 6.07) is 10.3. The molecule has 182 valence electrons. The quantitative estimate of drug-likeness (QED) is 0.608. The second-order valence-corrected chi connectivity index (χ2v) is 11.3. The number of hydrogen-bond acceptors (Lipinski definition) is 7. The van der Waals surface area contributed by atoms with Gasteiger partial charge in [-0.2, -0.15) is 0 Å². The number of pyridine rings is 1. The van der Waals surface area contributed by atoms with Crippen molar-refractivity contribution in [3.63, 3.8) is 0 Å². The van der Waals surface area contributed by atoms with Crippen molar-refractivity contribution >= 4 is 34.0 Å². The molecule has 3 saturated heterocycles. The minimum atomic E-state index is -2.56. The van der Waals surface area contributed by atoms with E-state index < -0.39 is 11.3 Å². The number of nitrogens with one attached hydrogen (secondary N) is 1. The Morgan fingerprint density at radius 3 is 2.37 bits per heavy atom. The van der Waals surface area contributed by atoms with Crippen LogP contribution in [-0.2, 0) is 0 Å². The van der Waals surface area contributed by atoms with Gasteiger partial charge < -0.3 is 20.0 Å². The predicted octanol–water partition coefficient (Wildman–Crippen LogP) is 4.06. The molecule has 3 aliphatic heterocycles. The van der Waals surface area contributed by atoms with E-state index in [1.165, 1.54) is 18.8 Å². The fraction of sp³-hybridized carbons (Fsp3) is 0.500. The summed E-state index contributed by atoms with van der Waals surface area (Å²) >= 11 is 0. The fourth-order valence-electron chi connectivity index (χ4n) is 6.44. The molecule has 7 nitrogen and oxygen atoms in total. The van der Waals surface area contributed by atoms with Gasteiger partial charge >= 0.3 is 0 Å². The number of halogens is 2. The van der Waals surface area contributed by atoms with E-state index in [1.54, 1.807) is 6.20 Å². The van der Waals surface area contributed by atoms with Crippen LogP contribution in [0, 0.1) is 17.8 Å². The summed E-state index contributed by atoms with van der Waals surface area (Å²) in [7, 11) is 2.18. The lowest BCUT2D eigenvalue weighted by atomic mass is 9.73. The summed E-state index contributed by atoms with van der Waals surface area (Å²) in [5.74, 6) is -1.41. The molecule has 1 aliphatic carbocycles. The van der Waals surface area contributed by atoms with Gasteiger partial charge in [0.1, 0.15) is 5.52 Å². The highest BCUT2D eigenvalue weighted by Gasteiger charge is 2.72. The highest BCUT2D eigenvalue weighted by atomic mass is 19.3. The van der Waals surface area contributed by atoms with Crippen molar-refractivity contribution in [2.24, 2.45) is 10.8 Å². The summed E-state index contributed by atoms with van der Waals surface area (Å²) in [5.41, 5.74) is 3.28. The molecule has 2 aromatic heterocycles. The number of hydrogen-bond donors (Lipinski definition) is 1. The molecule has 0 bridgehead atoms. The van der Waals surface area contributed by atoms with Gasteiger partial charge in [0.05, 0.1) is 5.41 Å². The molecular formula is C26H29F2N7. The van der Waals surface area contributed by atoms with Crippen molar-refractivity contribution in [1.29, 1.82) is 0 Å². The Labute approximate surface area is 203 Å². The topological polar surface area (TPSA) is 60.4 Å². The number of alkyl halides is 2. The third kappa shape index (κ3) is 3.35. The first-order chi connectivity index (χ1) is 16.7. The van der Waals surface area contributed by atoms with Gasteiger partial charge in [-0.15, -0.1) is 0 Å². The molecule has 0 radical (unpaired) electrons. The van der Waals surface area contributed by atoms with Crippen LogP contribution in [0.3, 0.4) is 0 Å². The molecule has 1 unspecified atom stereocenters. The molecule has 7 rings (SSSR count). The Morgan fingerprint density at radius 1 is 0.971 bits per heavy atom. The molecule has 3 aromatic rings. The average Bonchev–Trinajstić information content (AvgIpc) is 3.09. The highest BCUT2D eigenvalue weighted by molar-refractivity contribution is 5.89. The van der Waals surface area contributed by atoms with E-state index in [0.29, 0.717) is 42.2 Å². The third-order valence-corrected chi connectivity index (χ3v) is 8.29. The maximum atomic E-state index is 14.0. The van der Waals surface area contributed by atoms with Crippen LogP contribution in [0.1, 0.15) is 18.5 Å². The van der Waals surface area contributed by atoms with Crippen molar-refractivity contribution in [2.75, 3.05) is 61.4 Å². The van der Waals surface area contributed by atoms with E-state index in [0.717, 1.165) is 29.9 Å². The zero-order chi connectivity index (χ0) is 24.0. The standard InChI is InChI=1S/C26H29F2N7/c1-17-9-18-10-29-23(32-21(18)22(30-17)34-8-7-25(16-34)11-26(25,27)28)31-19-3-5-20(6-4-19)35-14-24(15-35)12-33(2)13-24/h3-6,9-10H,7-8,11-16H2,1-2H3,(H,29,31,32). The smallest absolute Gasteiger partial charge is 0.256 e. The zero-order valence-corrected chi connectivity index (χ0v) is 20.1. The van der Waals surface area contributed by atoms with Crippen LogP contribution in [0.4, 0.5) is 31.9 Å². The Bertz CT molecular complexity index is 1310. The van der Waals surface area contributed by atoms with Crippen LogP contribution in [0.5, 0.6) is 0 Å². The fourth-order valence-corrected chi connectivity index (χ4v) is 6.44. The summed E-state index contributed by atoms with van der Waals surface area (Å²) in [5, 5.41) is 4.17. The van der Waals surface area contributed by atoms with Crippen LogP contribution in [0.25, 0.3) is 10.9 Å². The van der Waals surface area contributed by atoms with Gasteiger partial charge in [0.25, 0.3) is 5.92 Å². The van der Waals surface area contributed by atoms with Crippen molar-refractivity contribution in [3.8, 4) is 0 Å². The lowest BCUT2D eigenvalue weighted by Gasteiger charge is -2.60. The second-order valence-electron chi connectivity index (χ2n) is 11.3. The molecule has 0 amide bonds. The third-order valence-electron chi connectivity index (χ3n) is 8.29. The number of aryl methyl sites for hydroxylation is 1. The Hall–Kier alpha value is -3.07. The van der Waals surface area contributed by atoms with Crippen molar-refractivity contribution in [1.82, 2.24) is 19.9 Å². The van der Waals surface area contributed by atoms with E-state index in [-0.39, 0.29) is 6.42 Å². The second kappa shape index (κ2) is 7.00. The number of benzene rings is 1. The van der Waals surface area contributed by atoms with E-state index in [2.05, 4.69) is 51.4 Å². The Balaban J connectivity index is 1.10. The first-order valence-electron chi connectivity index (χ1n) is 12.3. The Morgan fingerprint density at radius 2 is 1.71 bits per heavy atom. The molecular weight excluding hydrogens is 448 g/mol. The van der Waals surface area contributed by atoms with Crippen molar-refractivity contribution in [2.45, 2.75) is 25.7 Å². The maximum Gasteiger partial charge on any atom is 0.256 e. The summed E-state index contributed by atoms with van der Waals surface area (Å²) in [6.07, 6.45) is 2.26. The van der Waals surface area contributed by atoms with E-state index >= 15 is 0 Å². The first-order valence-corrected chi connectivity index (χ1v) is 12.3. The molecule has 1 aromatic carbocycles. The lowest BCUT2D eigenvalue weighted by Crippen LogP contribution is -2.71. The van der Waals surface area contributed by atoms with Crippen LogP contribution in [0.2, 0.25) is 0 Å².